The molecule has 4 aliphatic heterocycles. The normalized spacial score (nSPS) is 21.9. The minimum atomic E-state index is -1.08. The predicted octanol–water partition coefficient (Wildman–Crippen LogP) is 4.35. The van der Waals surface area contributed by atoms with Gasteiger partial charge in [-0.05, 0) is 67.9 Å². The molecule has 1 atom stereocenters. The maximum absolute atomic E-state index is 11.5. The van der Waals surface area contributed by atoms with Gasteiger partial charge in [0.1, 0.15) is 0 Å². The first-order chi connectivity index (χ1) is 16.8. The van der Waals surface area contributed by atoms with E-state index in [1.807, 2.05) is 48.5 Å². The average molecular weight is 483 g/mol. The van der Waals surface area contributed by atoms with Crippen molar-refractivity contribution < 1.29 is 29.7 Å². The van der Waals surface area contributed by atoms with Gasteiger partial charge in [-0.1, -0.05) is 54.6 Å². The molecule has 0 spiro atoms. The highest BCUT2D eigenvalue weighted by molar-refractivity contribution is 5.75. The number of fused-ring (bicyclic) bond motifs is 4. The summed E-state index contributed by atoms with van der Waals surface area (Å²) in [6, 6.07) is 17.7. The molecule has 0 radical (unpaired) electrons. The molecule has 0 saturated carbocycles. The minimum absolute atomic E-state index is 0.191. The molecule has 8 nitrogen and oxygen atoms in total. The molecule has 0 aliphatic carbocycles. The molecule has 8 heteroatoms. The summed E-state index contributed by atoms with van der Waals surface area (Å²) in [5.74, 6) is -1.04. The number of carboxylic acid groups (broad SMARTS) is 3. The van der Waals surface area contributed by atoms with E-state index in [4.69, 9.17) is 10.2 Å². The lowest BCUT2D eigenvalue weighted by molar-refractivity contribution is -0.143. The van der Waals surface area contributed by atoms with Gasteiger partial charge in [0.05, 0.1) is 18.9 Å². The second-order valence-electron chi connectivity index (χ2n) is 9.10. The molecule has 35 heavy (non-hydrogen) atoms. The van der Waals surface area contributed by atoms with E-state index in [-0.39, 0.29) is 18.9 Å². The Morgan fingerprint density at radius 3 is 1.74 bits per heavy atom. The van der Waals surface area contributed by atoms with Crippen LogP contribution in [-0.2, 0) is 16.0 Å². The van der Waals surface area contributed by atoms with Gasteiger partial charge in [0.2, 0.25) is 0 Å². The molecule has 2 aromatic rings. The van der Waals surface area contributed by atoms with E-state index in [1.54, 1.807) is 0 Å². The number of aliphatic carboxylic acids is 2. The van der Waals surface area contributed by atoms with Crippen molar-refractivity contribution >= 4 is 18.0 Å². The summed E-state index contributed by atoms with van der Waals surface area (Å²) in [4.78, 5) is 34.9. The summed E-state index contributed by atoms with van der Waals surface area (Å²) in [5.41, 5.74) is 3.37. The molecule has 0 aromatic heterocycles. The minimum Gasteiger partial charge on any atom is -0.481 e. The van der Waals surface area contributed by atoms with Crippen LogP contribution in [0.5, 0.6) is 0 Å². The molecule has 1 amide bonds. The van der Waals surface area contributed by atoms with Crippen LogP contribution in [0.2, 0.25) is 0 Å². The molecule has 188 valence electrons. The fourth-order valence-electron chi connectivity index (χ4n) is 4.85. The molecule has 2 aromatic carbocycles. The van der Waals surface area contributed by atoms with Gasteiger partial charge in [-0.2, -0.15) is 0 Å². The van der Waals surface area contributed by atoms with Gasteiger partial charge >= 0.3 is 18.0 Å². The van der Waals surface area contributed by atoms with Crippen LogP contribution in [0.4, 0.5) is 4.79 Å². The van der Waals surface area contributed by atoms with E-state index < -0.39 is 18.0 Å². The Balaban J connectivity index is 0.000000176. The Morgan fingerprint density at radius 1 is 0.743 bits per heavy atom. The Hall–Kier alpha value is -3.39. The maximum Gasteiger partial charge on any atom is 0.408 e. The van der Waals surface area contributed by atoms with E-state index >= 15 is 0 Å². The third kappa shape index (κ3) is 7.82. The molecule has 4 heterocycles. The first-order valence-corrected chi connectivity index (χ1v) is 12.1. The van der Waals surface area contributed by atoms with Gasteiger partial charge in [-0.15, -0.1) is 0 Å². The number of nitrogens with zero attached hydrogens (tertiary/aromatic N) is 2. The summed E-state index contributed by atoms with van der Waals surface area (Å²) < 4.78 is 0. The van der Waals surface area contributed by atoms with Crippen molar-refractivity contribution in [3.63, 3.8) is 0 Å². The standard InChI is InChI=1S/C16H15NO2.C7H13N.C4H6O4/c18-16(19)17-11-10-12-6-4-5-9-14(12)15(17)13-7-2-1-3-8-13;1-4-8-5-2-7(1)3-6-8;5-3(6)1-2-4(7)8/h1-9,15H,10-11H2,(H,18,19);7H,1-6H2;1-2H2,(H,5,6)(H,7,8). The molecular weight excluding hydrogens is 448 g/mol. The largest absolute Gasteiger partial charge is 0.481 e. The molecule has 3 saturated heterocycles. The maximum atomic E-state index is 11.5. The lowest BCUT2D eigenvalue weighted by Crippen LogP contribution is -2.41. The first-order valence-electron chi connectivity index (χ1n) is 12.1. The van der Waals surface area contributed by atoms with Crippen molar-refractivity contribution in [3.05, 3.63) is 71.3 Å². The lowest BCUT2D eigenvalue weighted by atomic mass is 9.88. The number of rotatable bonds is 4. The highest BCUT2D eigenvalue weighted by Gasteiger charge is 2.31. The molecule has 3 fully saturated rings. The van der Waals surface area contributed by atoms with Crippen molar-refractivity contribution in [2.45, 2.75) is 44.6 Å². The topological polar surface area (TPSA) is 118 Å². The number of carbonyl (C=O) groups is 3. The van der Waals surface area contributed by atoms with E-state index in [0.717, 1.165) is 23.5 Å². The fourth-order valence-corrected chi connectivity index (χ4v) is 4.85. The molecule has 1 unspecified atom stereocenters. The second-order valence-corrected chi connectivity index (χ2v) is 9.10. The van der Waals surface area contributed by atoms with E-state index in [1.165, 1.54) is 49.4 Å². The van der Waals surface area contributed by atoms with Crippen LogP contribution >= 0.6 is 0 Å². The summed E-state index contributed by atoms with van der Waals surface area (Å²) in [6.07, 6.45) is 3.79. The van der Waals surface area contributed by atoms with E-state index in [2.05, 4.69) is 11.0 Å². The quantitative estimate of drug-likeness (QED) is 0.593. The highest BCUT2D eigenvalue weighted by Crippen LogP contribution is 2.34. The van der Waals surface area contributed by atoms with Crippen molar-refractivity contribution in [1.82, 2.24) is 9.80 Å². The van der Waals surface area contributed by atoms with Crippen LogP contribution in [-0.4, -0.2) is 69.3 Å². The van der Waals surface area contributed by atoms with Crippen molar-refractivity contribution in [1.29, 1.82) is 0 Å². The number of amides is 1. The second kappa shape index (κ2) is 12.9. The number of carboxylic acids is 2. The van der Waals surface area contributed by atoms with Crippen LogP contribution in [0.15, 0.2) is 54.6 Å². The van der Waals surface area contributed by atoms with Gasteiger partial charge in [-0.3, -0.25) is 14.5 Å². The zero-order chi connectivity index (χ0) is 25.2. The summed E-state index contributed by atoms with van der Waals surface area (Å²) in [5, 5.41) is 25.2. The third-order valence-corrected chi connectivity index (χ3v) is 6.76. The Morgan fingerprint density at radius 2 is 1.29 bits per heavy atom. The Labute approximate surface area is 205 Å². The van der Waals surface area contributed by atoms with E-state index in [0.29, 0.717) is 6.54 Å². The lowest BCUT2D eigenvalue weighted by Gasteiger charge is -2.38. The van der Waals surface area contributed by atoms with Gasteiger partial charge in [0, 0.05) is 6.54 Å². The SMILES string of the molecule is C1CN2CCC1CC2.O=C(O)CCC(=O)O.O=C(O)N1CCc2ccccc2C1c1ccccc1. The number of hydrogen-bond acceptors (Lipinski definition) is 4. The van der Waals surface area contributed by atoms with Gasteiger partial charge < -0.3 is 20.2 Å². The van der Waals surface area contributed by atoms with E-state index in [9.17, 15) is 19.5 Å². The number of benzene rings is 2. The molecule has 2 bridgehead atoms. The van der Waals surface area contributed by atoms with Crippen LogP contribution in [0, 0.1) is 5.92 Å². The zero-order valence-corrected chi connectivity index (χ0v) is 19.9. The summed E-state index contributed by atoms with van der Waals surface area (Å²) >= 11 is 0. The smallest absolute Gasteiger partial charge is 0.408 e. The van der Waals surface area contributed by atoms with Gasteiger partial charge in [0.15, 0.2) is 0 Å². The third-order valence-electron chi connectivity index (χ3n) is 6.76. The molecule has 6 rings (SSSR count). The zero-order valence-electron chi connectivity index (χ0n) is 19.9. The fraction of sp³-hybridized carbons (Fsp3) is 0.444. The monoisotopic (exact) mass is 482 g/mol. The van der Waals surface area contributed by atoms with Crippen molar-refractivity contribution in [2.75, 3.05) is 26.2 Å². The van der Waals surface area contributed by atoms with Crippen molar-refractivity contribution in [3.8, 4) is 0 Å². The van der Waals surface area contributed by atoms with Crippen LogP contribution in [0.3, 0.4) is 0 Å². The van der Waals surface area contributed by atoms with Crippen molar-refractivity contribution in [2.24, 2.45) is 5.92 Å². The van der Waals surface area contributed by atoms with Crippen LogP contribution in [0.1, 0.15) is 54.8 Å². The average Bonchev–Trinajstić information content (AvgIpc) is 2.89. The van der Waals surface area contributed by atoms with Crippen LogP contribution in [0.25, 0.3) is 0 Å². The predicted molar refractivity (Wildman–Crippen MR) is 131 cm³/mol. The summed E-state index contributed by atoms with van der Waals surface area (Å²) in [6.45, 7) is 4.73. The number of piperidine rings is 3. The highest BCUT2D eigenvalue weighted by atomic mass is 16.4. The van der Waals surface area contributed by atoms with Gasteiger partial charge in [0.25, 0.3) is 0 Å². The molecule has 3 N–H and O–H groups in total. The first kappa shape index (κ1) is 26.2. The molecule has 4 aliphatic rings. The Bertz CT molecular complexity index is 951. The Kier molecular flexibility index (Phi) is 9.66. The molecular formula is C27H34N2O6. The number of hydrogen-bond donors (Lipinski definition) is 3. The summed E-state index contributed by atoms with van der Waals surface area (Å²) in [7, 11) is 0. The van der Waals surface area contributed by atoms with Gasteiger partial charge in [-0.25, -0.2) is 4.79 Å². The van der Waals surface area contributed by atoms with Crippen LogP contribution < -0.4 is 0 Å².